The molecule has 6 heteroatoms. The second-order valence-electron chi connectivity index (χ2n) is 10.0. The van der Waals surface area contributed by atoms with Gasteiger partial charge in [0.2, 0.25) is 5.91 Å². The van der Waals surface area contributed by atoms with E-state index in [1.54, 1.807) is 11.3 Å². The molecule has 0 N–H and O–H groups in total. The molecule has 0 saturated heterocycles. The summed E-state index contributed by atoms with van der Waals surface area (Å²) in [5.74, 6) is 0.424. The molecule has 1 aliphatic heterocycles. The van der Waals surface area contributed by atoms with Crippen LogP contribution in [0.5, 0.6) is 0 Å². The lowest BCUT2D eigenvalue weighted by atomic mass is 10.0. The van der Waals surface area contributed by atoms with Crippen LogP contribution in [0.1, 0.15) is 73.4 Å². The number of aromatic nitrogens is 1. The first kappa shape index (κ1) is 26.1. The van der Waals surface area contributed by atoms with E-state index in [9.17, 15) is 9.59 Å². The molecular weight excluding hydrogens is 466 g/mol. The Morgan fingerprint density at radius 3 is 2.33 bits per heavy atom. The summed E-state index contributed by atoms with van der Waals surface area (Å²) in [6.45, 7) is 7.99. The van der Waals surface area contributed by atoms with Gasteiger partial charge in [0.1, 0.15) is 5.69 Å². The number of fused-ring (bicyclic) bond motifs is 1. The van der Waals surface area contributed by atoms with Gasteiger partial charge in [0.15, 0.2) is 0 Å². The van der Waals surface area contributed by atoms with Crippen molar-refractivity contribution in [3.05, 3.63) is 70.9 Å². The molecule has 2 heterocycles. The van der Waals surface area contributed by atoms with Crippen LogP contribution in [0, 0.1) is 12.8 Å². The summed E-state index contributed by atoms with van der Waals surface area (Å²) in [5, 5.41) is 0.886. The van der Waals surface area contributed by atoms with E-state index in [0.29, 0.717) is 31.1 Å². The van der Waals surface area contributed by atoms with Crippen molar-refractivity contribution in [3.63, 3.8) is 0 Å². The van der Waals surface area contributed by atoms with Crippen molar-refractivity contribution in [2.24, 2.45) is 5.92 Å². The average Bonchev–Trinajstić information content (AvgIpc) is 3.25. The van der Waals surface area contributed by atoms with E-state index in [-0.39, 0.29) is 11.8 Å². The SMILES string of the molecule is Cc1nc(C(=O)N2CCCCCCCN(C(=O)CC(C)C)c3ccccc3C2)c(-c2ccccc2)s1. The van der Waals surface area contributed by atoms with Gasteiger partial charge in [-0.1, -0.05) is 81.6 Å². The Bertz CT molecular complexity index is 1170. The number of aryl methyl sites for hydroxylation is 1. The molecule has 2 aromatic carbocycles. The first-order valence-electron chi connectivity index (χ1n) is 13.1. The summed E-state index contributed by atoms with van der Waals surface area (Å²) < 4.78 is 0. The Morgan fingerprint density at radius 1 is 0.917 bits per heavy atom. The van der Waals surface area contributed by atoms with Gasteiger partial charge in [0.25, 0.3) is 5.91 Å². The second kappa shape index (κ2) is 12.3. The van der Waals surface area contributed by atoms with E-state index in [2.05, 4.69) is 24.9 Å². The zero-order valence-electron chi connectivity index (χ0n) is 21.7. The smallest absolute Gasteiger partial charge is 0.274 e. The molecule has 0 spiro atoms. The predicted octanol–water partition coefficient (Wildman–Crippen LogP) is 7.10. The normalized spacial score (nSPS) is 15.2. The summed E-state index contributed by atoms with van der Waals surface area (Å²) in [4.78, 5) is 36.8. The number of hydrogen-bond donors (Lipinski definition) is 0. The van der Waals surface area contributed by atoms with Crippen LogP contribution in [0.25, 0.3) is 10.4 Å². The number of rotatable bonds is 4. The number of carbonyl (C=O) groups is 2. The van der Waals surface area contributed by atoms with Crippen molar-refractivity contribution in [2.45, 2.75) is 65.8 Å². The molecule has 4 rings (SSSR count). The summed E-state index contributed by atoms with van der Waals surface area (Å²) >= 11 is 1.57. The monoisotopic (exact) mass is 503 g/mol. The van der Waals surface area contributed by atoms with E-state index >= 15 is 0 Å². The van der Waals surface area contributed by atoms with Crippen molar-refractivity contribution in [2.75, 3.05) is 18.0 Å². The maximum Gasteiger partial charge on any atom is 0.274 e. The Kier molecular flexibility index (Phi) is 8.92. The molecule has 0 radical (unpaired) electrons. The third-order valence-electron chi connectivity index (χ3n) is 6.60. The first-order chi connectivity index (χ1) is 17.4. The largest absolute Gasteiger partial charge is 0.333 e. The number of para-hydroxylation sites is 1. The van der Waals surface area contributed by atoms with Crippen LogP contribution in [-0.4, -0.2) is 34.8 Å². The van der Waals surface area contributed by atoms with Crippen LogP contribution in [0.4, 0.5) is 5.69 Å². The summed E-state index contributed by atoms with van der Waals surface area (Å²) in [5.41, 5.74) is 3.49. The molecule has 3 aromatic rings. The standard InChI is InChI=1S/C30H37N3O2S/c1-22(2)20-27(34)33-19-13-6-4-5-12-18-32(21-25-16-10-11-17-26(25)33)30(35)28-29(36-23(3)31-28)24-14-8-7-9-15-24/h7-11,14-17,22H,4-6,12-13,18-21H2,1-3H3. The maximum atomic E-state index is 14.0. The third kappa shape index (κ3) is 6.41. The van der Waals surface area contributed by atoms with Gasteiger partial charge in [-0.3, -0.25) is 9.59 Å². The highest BCUT2D eigenvalue weighted by molar-refractivity contribution is 7.15. The highest BCUT2D eigenvalue weighted by atomic mass is 32.1. The van der Waals surface area contributed by atoms with Crippen LogP contribution < -0.4 is 4.90 Å². The van der Waals surface area contributed by atoms with E-state index < -0.39 is 0 Å². The molecule has 0 fully saturated rings. The Morgan fingerprint density at radius 2 is 1.58 bits per heavy atom. The van der Waals surface area contributed by atoms with E-state index in [1.807, 2.05) is 65.3 Å². The van der Waals surface area contributed by atoms with Crippen molar-refractivity contribution in [1.29, 1.82) is 0 Å². The van der Waals surface area contributed by atoms with Crippen molar-refractivity contribution >= 4 is 28.8 Å². The lowest BCUT2D eigenvalue weighted by Gasteiger charge is -2.30. The quantitative estimate of drug-likeness (QED) is 0.381. The first-order valence-corrected chi connectivity index (χ1v) is 14.0. The van der Waals surface area contributed by atoms with Gasteiger partial charge in [-0.2, -0.15) is 0 Å². The summed E-state index contributed by atoms with van der Waals surface area (Å²) in [7, 11) is 0. The lowest BCUT2D eigenvalue weighted by molar-refractivity contribution is -0.119. The van der Waals surface area contributed by atoms with Crippen LogP contribution in [0.15, 0.2) is 54.6 Å². The topological polar surface area (TPSA) is 53.5 Å². The third-order valence-corrected chi connectivity index (χ3v) is 7.62. The lowest BCUT2D eigenvalue weighted by Crippen LogP contribution is -2.36. The molecule has 2 amide bonds. The number of benzene rings is 2. The fourth-order valence-corrected chi connectivity index (χ4v) is 5.73. The number of amides is 2. The number of anilines is 1. The van der Waals surface area contributed by atoms with E-state index in [1.165, 1.54) is 0 Å². The summed E-state index contributed by atoms with van der Waals surface area (Å²) in [6.07, 6.45) is 5.77. The number of hydrogen-bond acceptors (Lipinski definition) is 4. The van der Waals surface area contributed by atoms with Gasteiger partial charge < -0.3 is 9.80 Å². The fourth-order valence-electron chi connectivity index (χ4n) is 4.81. The molecule has 0 bridgehead atoms. The Hall–Kier alpha value is -2.99. The molecule has 5 nitrogen and oxygen atoms in total. The molecule has 36 heavy (non-hydrogen) atoms. The average molecular weight is 504 g/mol. The molecular formula is C30H37N3O2S. The molecule has 1 aromatic heterocycles. The number of carbonyl (C=O) groups excluding carboxylic acids is 2. The Labute approximate surface area is 219 Å². The van der Waals surface area contributed by atoms with Crippen LogP contribution >= 0.6 is 11.3 Å². The molecule has 0 atom stereocenters. The Balaban J connectivity index is 1.69. The maximum absolute atomic E-state index is 14.0. The minimum atomic E-state index is -0.0369. The molecule has 190 valence electrons. The van der Waals surface area contributed by atoms with Gasteiger partial charge >= 0.3 is 0 Å². The van der Waals surface area contributed by atoms with Gasteiger partial charge in [-0.25, -0.2) is 4.98 Å². The van der Waals surface area contributed by atoms with Gasteiger partial charge in [0, 0.05) is 31.7 Å². The summed E-state index contributed by atoms with van der Waals surface area (Å²) in [6, 6.07) is 18.1. The second-order valence-corrected chi connectivity index (χ2v) is 11.2. The zero-order chi connectivity index (χ0) is 25.5. The minimum Gasteiger partial charge on any atom is -0.333 e. The van der Waals surface area contributed by atoms with Crippen molar-refractivity contribution in [3.8, 4) is 10.4 Å². The van der Waals surface area contributed by atoms with Crippen LogP contribution in [-0.2, 0) is 11.3 Å². The van der Waals surface area contributed by atoms with Gasteiger partial charge in [-0.15, -0.1) is 11.3 Å². The van der Waals surface area contributed by atoms with Crippen molar-refractivity contribution in [1.82, 2.24) is 9.88 Å². The van der Waals surface area contributed by atoms with Crippen LogP contribution in [0.3, 0.4) is 0 Å². The molecule has 0 aliphatic carbocycles. The predicted molar refractivity (Wildman–Crippen MR) is 148 cm³/mol. The zero-order valence-corrected chi connectivity index (χ0v) is 22.5. The fraction of sp³-hybridized carbons (Fsp3) is 0.433. The molecule has 0 unspecified atom stereocenters. The van der Waals surface area contributed by atoms with Crippen LogP contribution in [0.2, 0.25) is 0 Å². The highest BCUT2D eigenvalue weighted by Crippen LogP contribution is 2.32. The van der Waals surface area contributed by atoms with Gasteiger partial charge in [-0.05, 0) is 42.9 Å². The van der Waals surface area contributed by atoms with E-state index in [0.717, 1.165) is 65.3 Å². The van der Waals surface area contributed by atoms with Gasteiger partial charge in [0.05, 0.1) is 9.88 Å². The van der Waals surface area contributed by atoms with E-state index in [4.69, 9.17) is 0 Å². The minimum absolute atomic E-state index is 0.0369. The number of nitrogens with zero attached hydrogens (tertiary/aromatic N) is 3. The molecule has 0 saturated carbocycles. The highest BCUT2D eigenvalue weighted by Gasteiger charge is 2.26. The number of thiazole rings is 1. The van der Waals surface area contributed by atoms with Crippen molar-refractivity contribution < 1.29 is 9.59 Å². The molecule has 1 aliphatic rings.